The van der Waals surface area contributed by atoms with E-state index in [1.807, 2.05) is 0 Å². The fourth-order valence-corrected chi connectivity index (χ4v) is 5.46. The van der Waals surface area contributed by atoms with Crippen LogP contribution < -0.4 is 28.3 Å². The summed E-state index contributed by atoms with van der Waals surface area (Å²) >= 11 is 0. The van der Waals surface area contributed by atoms with E-state index < -0.39 is 29.8 Å². The van der Waals surface area contributed by atoms with E-state index in [0.29, 0.717) is 68.0 Å². The van der Waals surface area contributed by atoms with Gasteiger partial charge in [-0.2, -0.15) is 0 Å². The van der Waals surface area contributed by atoms with Crippen molar-refractivity contribution in [2.75, 3.05) is 19.6 Å². The fourth-order valence-electron chi connectivity index (χ4n) is 5.46. The van der Waals surface area contributed by atoms with Gasteiger partial charge in [-0.05, 0) is 62.1 Å². The Labute approximate surface area is 245 Å². The van der Waals surface area contributed by atoms with Crippen LogP contribution in [0.2, 0.25) is 0 Å². The zero-order valence-corrected chi connectivity index (χ0v) is 23.9. The Morgan fingerprint density at radius 3 is 2.43 bits per heavy atom. The van der Waals surface area contributed by atoms with Gasteiger partial charge in [-0.25, -0.2) is 4.39 Å². The van der Waals surface area contributed by atoms with Crippen LogP contribution in [-0.4, -0.2) is 66.1 Å². The van der Waals surface area contributed by atoms with Crippen LogP contribution in [-0.2, 0) is 25.6 Å². The molecular formula is C30H42FN7O4. The number of hydrogen-bond donors (Lipinski definition) is 5. The van der Waals surface area contributed by atoms with Crippen LogP contribution in [0.5, 0.6) is 0 Å². The maximum Gasteiger partial charge on any atom is 0.240 e. The molecule has 0 radical (unpaired) electrons. The minimum Gasteiger partial charge on any atom is -0.370 e. The van der Waals surface area contributed by atoms with Gasteiger partial charge in [-0.3, -0.25) is 24.2 Å². The van der Waals surface area contributed by atoms with Crippen molar-refractivity contribution < 1.29 is 23.6 Å². The molecule has 1 aliphatic heterocycles. The Morgan fingerprint density at radius 1 is 1.00 bits per heavy atom. The summed E-state index contributed by atoms with van der Waals surface area (Å²) in [6.07, 6.45) is 3.48. The van der Waals surface area contributed by atoms with Crippen LogP contribution in [0.1, 0.15) is 56.9 Å². The number of hydrogen-bond acceptors (Lipinski definition) is 6. The number of amides is 3. The van der Waals surface area contributed by atoms with Crippen LogP contribution in [0.4, 0.5) is 4.39 Å². The first kappa shape index (κ1) is 32.5. The van der Waals surface area contributed by atoms with E-state index in [9.17, 15) is 23.6 Å². The molecule has 12 heteroatoms. The number of nitrogens with one attached hydrogen (secondary N) is 1. The second-order valence-electron chi connectivity index (χ2n) is 10.7. The maximum absolute atomic E-state index is 14.3. The van der Waals surface area contributed by atoms with Crippen molar-refractivity contribution in [1.82, 2.24) is 10.2 Å². The van der Waals surface area contributed by atoms with E-state index >= 15 is 0 Å². The van der Waals surface area contributed by atoms with Crippen molar-refractivity contribution >= 4 is 40.2 Å². The largest absolute Gasteiger partial charge is 0.370 e. The van der Waals surface area contributed by atoms with Crippen molar-refractivity contribution in [1.29, 1.82) is 0 Å². The molecule has 0 bridgehead atoms. The molecule has 0 saturated carbocycles. The molecule has 0 spiro atoms. The predicted octanol–water partition coefficient (Wildman–Crippen LogP) is 1.24. The minimum absolute atomic E-state index is 0.0329. The first-order valence-electron chi connectivity index (χ1n) is 14.5. The lowest BCUT2D eigenvalue weighted by Crippen LogP contribution is -2.48. The number of likely N-dealkylation sites (tertiary alicyclic amines) is 1. The summed E-state index contributed by atoms with van der Waals surface area (Å²) in [5.41, 5.74) is 22.5. The zero-order chi connectivity index (χ0) is 30.6. The summed E-state index contributed by atoms with van der Waals surface area (Å²) in [5, 5.41) is 3.79. The molecule has 0 aromatic heterocycles. The van der Waals surface area contributed by atoms with Crippen LogP contribution in [0.25, 0.3) is 10.8 Å². The SMILES string of the molecule is NCCCC[C@H](CC(=O)[C@@H]1CCCN1C(=O)Cc1ccc(F)c2ccccc12)C(=O)N[C@@H](CCCN=C(N)N)C(N)=O. The van der Waals surface area contributed by atoms with Crippen molar-refractivity contribution in [2.45, 2.75) is 69.9 Å². The number of Topliss-reactive ketones (excluding diaryl/α,β-unsaturated/α-hetero) is 1. The van der Waals surface area contributed by atoms with Crippen molar-refractivity contribution in [2.24, 2.45) is 33.8 Å². The molecule has 228 valence electrons. The number of ketones is 1. The Kier molecular flexibility index (Phi) is 12.2. The molecule has 2 aromatic carbocycles. The second kappa shape index (κ2) is 15.8. The molecule has 1 fully saturated rings. The zero-order valence-electron chi connectivity index (χ0n) is 23.9. The van der Waals surface area contributed by atoms with Gasteiger partial charge in [0.1, 0.15) is 11.9 Å². The number of carbonyl (C=O) groups is 4. The van der Waals surface area contributed by atoms with Crippen molar-refractivity contribution in [3.05, 3.63) is 47.8 Å². The summed E-state index contributed by atoms with van der Waals surface area (Å²) in [7, 11) is 0. The van der Waals surface area contributed by atoms with E-state index in [1.165, 1.54) is 6.07 Å². The molecule has 0 aliphatic carbocycles. The first-order chi connectivity index (χ1) is 20.1. The Bertz CT molecular complexity index is 1300. The van der Waals surface area contributed by atoms with E-state index in [1.54, 1.807) is 35.2 Å². The standard InChI is InChI=1S/C30H42FN7O4/c31-23-13-12-19(21-8-1-2-9-22(21)23)18-27(40)38-16-6-11-25(38)26(39)17-20(7-3-4-14-32)29(42)37-24(28(33)41)10-5-15-36-30(34)35/h1-2,8-9,12-13,20,24-25H,3-7,10-11,14-18,32H2,(H2,33,41)(H,37,42)(H4,34,35,36)/t20-,24+,25+/m1/s1. The smallest absolute Gasteiger partial charge is 0.240 e. The van der Waals surface area contributed by atoms with Gasteiger partial charge in [0.2, 0.25) is 17.7 Å². The van der Waals surface area contributed by atoms with Gasteiger partial charge in [0.05, 0.1) is 12.5 Å². The lowest BCUT2D eigenvalue weighted by Gasteiger charge is -2.26. The van der Waals surface area contributed by atoms with Gasteiger partial charge in [0.15, 0.2) is 11.7 Å². The highest BCUT2D eigenvalue weighted by Crippen LogP contribution is 2.27. The molecule has 1 heterocycles. The fraction of sp³-hybridized carbons (Fsp3) is 0.500. The average Bonchev–Trinajstić information content (AvgIpc) is 3.46. The number of primary amides is 1. The topological polar surface area (TPSA) is 200 Å². The summed E-state index contributed by atoms with van der Waals surface area (Å²) < 4.78 is 14.3. The van der Waals surface area contributed by atoms with E-state index in [0.717, 1.165) is 0 Å². The summed E-state index contributed by atoms with van der Waals surface area (Å²) in [6.45, 7) is 1.15. The van der Waals surface area contributed by atoms with Gasteiger partial charge in [0.25, 0.3) is 0 Å². The molecule has 11 nitrogen and oxygen atoms in total. The highest BCUT2D eigenvalue weighted by Gasteiger charge is 2.36. The number of halogens is 1. The summed E-state index contributed by atoms with van der Waals surface area (Å²) in [5.74, 6) is -2.70. The highest BCUT2D eigenvalue weighted by molar-refractivity contribution is 5.96. The highest BCUT2D eigenvalue weighted by atomic mass is 19.1. The molecule has 3 atom stereocenters. The van der Waals surface area contributed by atoms with Gasteiger partial charge in [0, 0.05) is 30.8 Å². The number of carbonyl (C=O) groups excluding carboxylic acids is 4. The van der Waals surface area contributed by atoms with Gasteiger partial charge in [-0.1, -0.05) is 36.8 Å². The van der Waals surface area contributed by atoms with Gasteiger partial charge < -0.3 is 33.2 Å². The molecule has 3 amide bonds. The maximum atomic E-state index is 14.3. The number of unbranched alkanes of at least 4 members (excludes halogenated alkanes) is 1. The average molecular weight is 584 g/mol. The number of benzene rings is 2. The molecule has 1 saturated heterocycles. The monoisotopic (exact) mass is 583 g/mol. The molecule has 9 N–H and O–H groups in total. The normalized spacial score (nSPS) is 16.1. The van der Waals surface area contributed by atoms with E-state index in [2.05, 4.69) is 10.3 Å². The van der Waals surface area contributed by atoms with Crippen molar-refractivity contribution in [3.63, 3.8) is 0 Å². The van der Waals surface area contributed by atoms with Crippen LogP contribution in [0.3, 0.4) is 0 Å². The van der Waals surface area contributed by atoms with Crippen LogP contribution >= 0.6 is 0 Å². The number of guanidine groups is 1. The van der Waals surface area contributed by atoms with Gasteiger partial charge in [-0.15, -0.1) is 0 Å². The van der Waals surface area contributed by atoms with Crippen LogP contribution in [0, 0.1) is 11.7 Å². The molecule has 3 rings (SSSR count). The third kappa shape index (κ3) is 8.97. The molecular weight excluding hydrogens is 541 g/mol. The second-order valence-corrected chi connectivity index (χ2v) is 10.7. The molecule has 42 heavy (non-hydrogen) atoms. The number of aliphatic imine (C=N–C) groups is 1. The molecule has 1 aliphatic rings. The summed E-state index contributed by atoms with van der Waals surface area (Å²) in [4.78, 5) is 57.7. The van der Waals surface area contributed by atoms with Crippen LogP contribution in [0.15, 0.2) is 41.4 Å². The number of nitrogens with zero attached hydrogens (tertiary/aromatic N) is 2. The van der Waals surface area contributed by atoms with E-state index in [-0.39, 0.29) is 49.3 Å². The van der Waals surface area contributed by atoms with E-state index in [4.69, 9.17) is 22.9 Å². The summed E-state index contributed by atoms with van der Waals surface area (Å²) in [6, 6.07) is 8.34. The third-order valence-corrected chi connectivity index (χ3v) is 7.68. The Morgan fingerprint density at radius 2 is 1.74 bits per heavy atom. The lowest BCUT2D eigenvalue weighted by molar-refractivity contribution is -0.138. The Hall–Kier alpha value is -4.06. The quantitative estimate of drug-likeness (QED) is 0.111. The predicted molar refractivity (Wildman–Crippen MR) is 159 cm³/mol. The van der Waals surface area contributed by atoms with Gasteiger partial charge >= 0.3 is 0 Å². The molecule has 0 unspecified atom stereocenters. The number of fused-ring (bicyclic) bond motifs is 1. The Balaban J connectivity index is 1.68. The number of nitrogens with two attached hydrogens (primary N) is 4. The lowest BCUT2D eigenvalue weighted by atomic mass is 9.91. The van der Waals surface area contributed by atoms with Crippen molar-refractivity contribution in [3.8, 4) is 0 Å². The number of rotatable bonds is 16. The molecule has 2 aromatic rings. The minimum atomic E-state index is -0.936. The first-order valence-corrected chi connectivity index (χ1v) is 14.5. The third-order valence-electron chi connectivity index (χ3n) is 7.68.